The molecule has 0 bridgehead atoms. The Labute approximate surface area is 331 Å². The summed E-state index contributed by atoms with van der Waals surface area (Å²) in [5.74, 6) is 0. The maximum Gasteiger partial charge on any atom is 0.252 e. The minimum Gasteiger partial charge on any atom is -0.311 e. The quantitative estimate of drug-likeness (QED) is 0.168. The van der Waals surface area contributed by atoms with E-state index in [4.69, 9.17) is 0 Å². The Kier molecular flexibility index (Phi) is 8.58. The van der Waals surface area contributed by atoms with E-state index >= 15 is 0 Å². The van der Waals surface area contributed by atoms with Gasteiger partial charge in [0.2, 0.25) is 0 Å². The fourth-order valence-electron chi connectivity index (χ4n) is 8.57. The first-order valence-electron chi connectivity index (χ1n) is 20.1. The molecule has 0 saturated carbocycles. The lowest BCUT2D eigenvalue weighted by molar-refractivity contribution is 0.590. The van der Waals surface area contributed by atoms with Gasteiger partial charge in [-0.1, -0.05) is 162 Å². The second kappa shape index (κ2) is 12.8. The van der Waals surface area contributed by atoms with E-state index in [1.54, 1.807) is 0 Å². The molecule has 2 heterocycles. The number of fused-ring (bicyclic) bond motifs is 4. The Morgan fingerprint density at radius 2 is 0.800 bits per heavy atom. The molecule has 8 rings (SSSR count). The molecular formula is C52H57BN2. The van der Waals surface area contributed by atoms with Crippen LogP contribution in [0, 0.1) is 0 Å². The van der Waals surface area contributed by atoms with Crippen molar-refractivity contribution in [2.45, 2.75) is 105 Å². The molecule has 0 aromatic heterocycles. The second-order valence-electron chi connectivity index (χ2n) is 20.0. The van der Waals surface area contributed by atoms with Gasteiger partial charge in [-0.05, 0) is 114 Å². The SMILES string of the molecule is CC(C)(C)c1ccc(N2c3ccc(C(C)(C)C)cc3B3c4cc(C(C)(C)C)ccc4N(c4ccc(C(C)(C)C)cc4-c4ccccc4)c4cccc2c43)cc1. The number of benzene rings is 6. The number of anilines is 6. The summed E-state index contributed by atoms with van der Waals surface area (Å²) < 4.78 is 0. The molecule has 2 nitrogen and oxygen atoms in total. The van der Waals surface area contributed by atoms with Crippen molar-refractivity contribution < 1.29 is 0 Å². The number of nitrogens with zero attached hydrogens (tertiary/aromatic N) is 2. The smallest absolute Gasteiger partial charge is 0.252 e. The minimum atomic E-state index is -0.00516. The average Bonchev–Trinajstić information content (AvgIpc) is 3.13. The summed E-state index contributed by atoms with van der Waals surface area (Å²) in [5, 5.41) is 0. The average molecular weight is 721 g/mol. The third-order valence-corrected chi connectivity index (χ3v) is 11.9. The van der Waals surface area contributed by atoms with Gasteiger partial charge >= 0.3 is 0 Å². The van der Waals surface area contributed by atoms with Crippen LogP contribution in [-0.4, -0.2) is 6.71 Å². The van der Waals surface area contributed by atoms with E-state index in [9.17, 15) is 0 Å². The molecule has 2 aliphatic rings. The van der Waals surface area contributed by atoms with Crippen molar-refractivity contribution in [2.24, 2.45) is 0 Å². The summed E-state index contributed by atoms with van der Waals surface area (Å²) in [4.78, 5) is 5.10. The Balaban J connectivity index is 1.47. The van der Waals surface area contributed by atoms with Gasteiger partial charge in [-0.15, -0.1) is 0 Å². The van der Waals surface area contributed by atoms with Gasteiger partial charge in [0.25, 0.3) is 6.71 Å². The second-order valence-corrected chi connectivity index (χ2v) is 20.0. The molecule has 0 fully saturated rings. The highest BCUT2D eigenvalue weighted by molar-refractivity contribution is 7.00. The fraction of sp³-hybridized carbons (Fsp3) is 0.308. The summed E-state index contributed by atoms with van der Waals surface area (Å²) in [6.07, 6.45) is 0. The summed E-state index contributed by atoms with van der Waals surface area (Å²) in [7, 11) is 0. The summed E-state index contributed by atoms with van der Waals surface area (Å²) in [5.41, 5.74) is 19.4. The fourth-order valence-corrected chi connectivity index (χ4v) is 8.57. The first kappa shape index (κ1) is 36.9. The zero-order chi connectivity index (χ0) is 39.2. The molecule has 0 spiro atoms. The van der Waals surface area contributed by atoms with E-state index in [1.807, 2.05) is 0 Å². The third-order valence-electron chi connectivity index (χ3n) is 11.9. The van der Waals surface area contributed by atoms with Crippen LogP contribution in [0.15, 0.2) is 127 Å². The molecule has 2 aliphatic heterocycles. The first-order chi connectivity index (χ1) is 25.8. The number of hydrogen-bond donors (Lipinski definition) is 0. The third kappa shape index (κ3) is 6.40. The molecular weight excluding hydrogens is 663 g/mol. The molecule has 0 amide bonds. The van der Waals surface area contributed by atoms with Crippen molar-refractivity contribution in [1.82, 2.24) is 0 Å². The Morgan fingerprint density at radius 1 is 0.364 bits per heavy atom. The van der Waals surface area contributed by atoms with Crippen LogP contribution in [0.3, 0.4) is 0 Å². The van der Waals surface area contributed by atoms with E-state index in [2.05, 4.69) is 220 Å². The van der Waals surface area contributed by atoms with Gasteiger partial charge in [-0.25, -0.2) is 0 Å². The molecule has 6 aromatic rings. The highest BCUT2D eigenvalue weighted by Crippen LogP contribution is 2.48. The van der Waals surface area contributed by atoms with Gasteiger partial charge in [0.1, 0.15) is 0 Å². The van der Waals surface area contributed by atoms with Crippen LogP contribution < -0.4 is 26.2 Å². The topological polar surface area (TPSA) is 6.48 Å². The predicted octanol–water partition coefficient (Wildman–Crippen LogP) is 12.6. The lowest BCUT2D eigenvalue weighted by Gasteiger charge is -2.45. The van der Waals surface area contributed by atoms with Crippen LogP contribution in [0.5, 0.6) is 0 Å². The molecule has 3 heteroatoms. The molecule has 0 aliphatic carbocycles. The monoisotopic (exact) mass is 720 g/mol. The number of rotatable bonds is 3. The van der Waals surface area contributed by atoms with E-state index in [0.717, 1.165) is 0 Å². The van der Waals surface area contributed by atoms with Crippen molar-refractivity contribution in [2.75, 3.05) is 9.80 Å². The van der Waals surface area contributed by atoms with Crippen LogP contribution in [0.1, 0.15) is 105 Å². The molecule has 6 aromatic carbocycles. The Hall–Kier alpha value is -5.02. The largest absolute Gasteiger partial charge is 0.311 e. The van der Waals surface area contributed by atoms with Crippen LogP contribution in [0.4, 0.5) is 34.1 Å². The van der Waals surface area contributed by atoms with Gasteiger partial charge in [0.15, 0.2) is 0 Å². The van der Waals surface area contributed by atoms with Crippen molar-refractivity contribution >= 4 is 57.2 Å². The van der Waals surface area contributed by atoms with Crippen LogP contribution >= 0.6 is 0 Å². The Morgan fingerprint density at radius 3 is 1.31 bits per heavy atom. The van der Waals surface area contributed by atoms with Gasteiger partial charge in [0, 0.05) is 34.0 Å². The highest BCUT2D eigenvalue weighted by atomic mass is 15.2. The zero-order valence-electron chi connectivity index (χ0n) is 35.1. The van der Waals surface area contributed by atoms with Crippen LogP contribution in [0.2, 0.25) is 0 Å². The minimum absolute atomic E-state index is 0.00415. The summed E-state index contributed by atoms with van der Waals surface area (Å²) in [6, 6.07) is 49.0. The zero-order valence-corrected chi connectivity index (χ0v) is 35.1. The molecule has 0 radical (unpaired) electrons. The molecule has 278 valence electrons. The molecule has 55 heavy (non-hydrogen) atoms. The normalized spacial score (nSPS) is 14.1. The lowest BCUT2D eigenvalue weighted by Crippen LogP contribution is -2.61. The molecule has 0 saturated heterocycles. The van der Waals surface area contributed by atoms with E-state index in [-0.39, 0.29) is 28.4 Å². The molecule has 0 unspecified atom stereocenters. The first-order valence-corrected chi connectivity index (χ1v) is 20.1. The Bertz CT molecular complexity index is 2410. The molecule has 0 N–H and O–H groups in total. The van der Waals surface area contributed by atoms with Gasteiger partial charge < -0.3 is 9.80 Å². The predicted molar refractivity (Wildman–Crippen MR) is 241 cm³/mol. The van der Waals surface area contributed by atoms with E-state index < -0.39 is 0 Å². The maximum atomic E-state index is 2.57. The van der Waals surface area contributed by atoms with E-state index in [0.29, 0.717) is 0 Å². The van der Waals surface area contributed by atoms with Gasteiger partial charge in [-0.3, -0.25) is 0 Å². The van der Waals surface area contributed by atoms with E-state index in [1.165, 1.54) is 83.9 Å². The van der Waals surface area contributed by atoms with Crippen LogP contribution in [0.25, 0.3) is 11.1 Å². The standard InChI is InChI=1S/C52H57BN2/c1-49(2,3)35-21-26-39(27-22-35)54-44-29-24-37(51(7,8)9)32-41(44)53-42-33-38(52(10,11)12)25-30-45(42)55(47-20-16-19-46(54)48(47)53)43-28-23-36(50(4,5)6)31-40(43)34-17-14-13-15-18-34/h13-33H,1-12H3. The van der Waals surface area contributed by atoms with Gasteiger partial charge in [-0.2, -0.15) is 0 Å². The van der Waals surface area contributed by atoms with Crippen molar-refractivity contribution in [3.05, 3.63) is 150 Å². The maximum absolute atomic E-state index is 2.57. The van der Waals surface area contributed by atoms with Crippen LogP contribution in [-0.2, 0) is 21.7 Å². The van der Waals surface area contributed by atoms with Crippen molar-refractivity contribution in [3.8, 4) is 11.1 Å². The lowest BCUT2D eigenvalue weighted by atomic mass is 9.33. The van der Waals surface area contributed by atoms with Crippen molar-refractivity contribution in [3.63, 3.8) is 0 Å². The molecule has 0 atom stereocenters. The summed E-state index contributed by atoms with van der Waals surface area (Å²) >= 11 is 0. The van der Waals surface area contributed by atoms with Gasteiger partial charge in [0.05, 0.1) is 5.69 Å². The van der Waals surface area contributed by atoms with Crippen molar-refractivity contribution in [1.29, 1.82) is 0 Å². The summed E-state index contributed by atoms with van der Waals surface area (Å²) in [6.45, 7) is 27.9. The number of hydrogen-bond acceptors (Lipinski definition) is 2. The highest BCUT2D eigenvalue weighted by Gasteiger charge is 2.44.